The molecule has 14 heteroatoms. The quantitative estimate of drug-likeness (QED) is 0.0211. The topological polar surface area (TPSA) is 190 Å². The zero-order valence-electron chi connectivity index (χ0n) is 114. The minimum Gasteiger partial charge on any atom is -0.396 e. The SMILES string of the molecule is C.CC(C)CC(C)(N)C(C)C.CC(C)CC(C)(O)C(C)C.CC(C)CC(C)C.CC(C)CC(CO)C(C)C.CC(C)CC(F)(F)C(C)C.CC(C)CC(N)C(C)C.CC(C)CC(O)C(C)C.CC(C)CC1(C(C)C)CC1.CC(C)CC1(C(C)C)CC1(F)F.CC(C)CCC(C)C.CC(C)CCC(O)(CO)CC(C)C.CC(C)CCCC(C)C.CCC(O)(CC(C)C)C(C)C.CNC(CC(C)C)C(C)C.[C-]#[N+]C(C)(CC(C)C)C(C)C. The Bertz CT molecular complexity index is 2700. The molecule has 2 fully saturated rings. The number of hydrogen-bond donors (Lipinski definition) is 9. The second-order valence-electron chi connectivity index (χ2n) is 59.3. The van der Waals surface area contributed by atoms with Crippen LogP contribution in [0.15, 0.2) is 0 Å². The number of alkyl halides is 4. The van der Waals surface area contributed by atoms with Gasteiger partial charge in [0.2, 0.25) is 5.54 Å². The van der Waals surface area contributed by atoms with Crippen LogP contribution in [-0.2, 0) is 0 Å². The fourth-order valence-electron chi connectivity index (χ4n) is 17.9. The van der Waals surface area contributed by atoms with Crippen molar-refractivity contribution in [2.24, 2.45) is 206 Å². The van der Waals surface area contributed by atoms with Gasteiger partial charge in [-0.1, -0.05) is 462 Å². The molecule has 150 heavy (non-hydrogen) atoms. The summed E-state index contributed by atoms with van der Waals surface area (Å²) in [5.74, 6) is 13.3. The minimum atomic E-state index is -2.48. The van der Waals surface area contributed by atoms with Crippen LogP contribution in [0.4, 0.5) is 17.6 Å². The molecule has 0 saturated heterocycles. The molecule has 0 aliphatic heterocycles. The fourth-order valence-corrected chi connectivity index (χ4v) is 17.9. The third-order valence-corrected chi connectivity index (χ3v) is 29.5. The standard InChI is InChI=1S/C11H24O2.C10H18F2.C10H19N.C10H22O.C10H20.2C9H21N.2C9H20O.C9H20.C8H16F2.C8H19N.C8H18O.C8H18.C7H16.CH4/c1-9(2)5-6-11(13,8-12)7-10(3)4;1-7(2)5-9(8(3)4)6-10(9,11)12;1-8(2)7-10(5,11-6)9(3)4;1-6-10(11,9(4)5)7-8(2)3;1-8(2)7-10(5-6-10)9(3)4;1-7(2)6-9(10-5)8(3)4;2*1-7(2)6-9(5,10)8(3)4;1-7(2)5-9(6-10)8(3)4;1-8(2)6-5-7-9(3)4;1-6(2)5-8(9,10)7(3)4;2*1-6(2)5-8(9)7(3)4;1-7(2)5-6-8(3)4;1-6(2)5-7(3)4;/h9-10,12-13H,5-8H2,1-4H3;7-8H,5-6H2,1-4H3;8-9H,7H2,1-5H3;8-9,11H,6-7H2,1-5H3;8-9H,5-7H2,1-4H3;7-10H,6H2,1-5H3;7-8H,6,10H2,1-5H3;7-8,10H,6H2,1-5H3;7-10H,5-6H2,1-4H3;8-9H,5-7H2,1-4H3;6-7H,5H2,1-4H3;6-8H,5,9H2,1-4H3;6-9H,5H2,1-4H3;7-8H,5-6H2,1-4H3;6-7H,5H2,1-4H3;1H4. The third-order valence-electron chi connectivity index (χ3n) is 29.5. The summed E-state index contributed by atoms with van der Waals surface area (Å²) in [6, 6.07) is 1.09. The van der Waals surface area contributed by atoms with Crippen LogP contribution in [0.1, 0.15) is 605 Å². The predicted octanol–water partition coefficient (Wildman–Crippen LogP) is 42.3. The Kier molecular flexibility index (Phi) is 114. The van der Waals surface area contributed by atoms with Gasteiger partial charge < -0.3 is 52.3 Å². The van der Waals surface area contributed by atoms with Crippen LogP contribution in [-0.4, -0.2) is 109 Å². The molecule has 2 saturated carbocycles. The zero-order valence-corrected chi connectivity index (χ0v) is 114. The van der Waals surface area contributed by atoms with Crippen molar-refractivity contribution in [2.45, 2.75) is 663 Å². The lowest BCUT2D eigenvalue weighted by atomic mass is 9.81. The van der Waals surface area contributed by atoms with E-state index < -0.39 is 40.0 Å². The van der Waals surface area contributed by atoms with E-state index in [1.165, 1.54) is 64.2 Å². The number of aliphatic hydroxyl groups is 6. The van der Waals surface area contributed by atoms with Crippen LogP contribution in [0.25, 0.3) is 4.85 Å². The van der Waals surface area contributed by atoms with Crippen LogP contribution in [0.2, 0.25) is 0 Å². The number of hydrogen-bond acceptors (Lipinski definition) is 9. The maximum atomic E-state index is 13.1. The maximum absolute atomic E-state index is 13.1. The molecule has 0 radical (unpaired) electrons. The van der Waals surface area contributed by atoms with E-state index >= 15 is 0 Å². The van der Waals surface area contributed by atoms with Crippen molar-refractivity contribution in [3.63, 3.8) is 0 Å². The molecule has 2 aliphatic rings. The van der Waals surface area contributed by atoms with Gasteiger partial charge in [-0.25, -0.2) is 24.1 Å². The molecule has 2 rings (SSSR count). The second kappa shape index (κ2) is 95.4. The Labute approximate surface area is 947 Å². The minimum absolute atomic E-state index is 0. The molecule has 0 bridgehead atoms. The van der Waals surface area contributed by atoms with E-state index in [1.807, 2.05) is 69.4 Å². The molecule has 2 aliphatic carbocycles. The molecule has 10 nitrogen and oxygen atoms in total. The summed E-state index contributed by atoms with van der Waals surface area (Å²) < 4.78 is 51.7. The Balaban J connectivity index is -0.000000110. The van der Waals surface area contributed by atoms with Crippen molar-refractivity contribution in [3.05, 3.63) is 11.4 Å². The molecular weight excluding hydrogens is 1860 g/mol. The van der Waals surface area contributed by atoms with Crippen LogP contribution in [0.3, 0.4) is 0 Å². The monoisotopic (exact) mass is 2160 g/mol. The summed E-state index contributed by atoms with van der Waals surface area (Å²) in [5.41, 5.74) is 10.1. The van der Waals surface area contributed by atoms with Gasteiger partial charge in [-0.3, -0.25) is 0 Å². The lowest BCUT2D eigenvalue weighted by Gasteiger charge is -2.32. The number of nitrogens with zero attached hydrogens (tertiary/aromatic N) is 1. The largest absolute Gasteiger partial charge is 0.396 e. The molecular formula is C136H296F4N4O6. The molecule has 0 spiro atoms. The molecule has 924 valence electrons. The molecule has 0 heterocycles. The van der Waals surface area contributed by atoms with Crippen LogP contribution < -0.4 is 16.8 Å². The van der Waals surface area contributed by atoms with Crippen LogP contribution in [0, 0.1) is 201 Å². The summed E-state index contributed by atoms with van der Waals surface area (Å²) in [5, 5.41) is 60.5. The van der Waals surface area contributed by atoms with Crippen molar-refractivity contribution in [1.82, 2.24) is 5.32 Å². The molecule has 0 aromatic rings. The highest BCUT2D eigenvalue weighted by molar-refractivity contribution is 5.11. The van der Waals surface area contributed by atoms with Crippen molar-refractivity contribution in [3.8, 4) is 0 Å². The first-order valence-electron chi connectivity index (χ1n) is 62.2. The van der Waals surface area contributed by atoms with Gasteiger partial charge >= 0.3 is 0 Å². The smallest absolute Gasteiger partial charge is 0.254 e. The summed E-state index contributed by atoms with van der Waals surface area (Å²) in [7, 11) is 2.05. The normalized spacial score (nSPS) is 16.9. The number of aliphatic hydroxyl groups excluding tert-OH is 3. The van der Waals surface area contributed by atoms with Gasteiger partial charge in [0.15, 0.2) is 0 Å². The van der Waals surface area contributed by atoms with Crippen molar-refractivity contribution in [1.29, 1.82) is 0 Å². The highest BCUT2D eigenvalue weighted by atomic mass is 19.3. The van der Waals surface area contributed by atoms with E-state index in [-0.39, 0.29) is 55.9 Å². The first-order chi connectivity index (χ1) is 66.8. The van der Waals surface area contributed by atoms with Crippen LogP contribution >= 0.6 is 0 Å². The van der Waals surface area contributed by atoms with E-state index in [2.05, 4.69) is 377 Å². The van der Waals surface area contributed by atoms with Crippen molar-refractivity contribution in [2.75, 3.05) is 20.3 Å². The van der Waals surface area contributed by atoms with Crippen molar-refractivity contribution >= 4 is 0 Å². The average molecular weight is 2160 g/mol. The van der Waals surface area contributed by atoms with E-state index in [4.69, 9.17) is 28.3 Å². The Morgan fingerprint density at radius 1 is 0.367 bits per heavy atom. The lowest BCUT2D eigenvalue weighted by molar-refractivity contribution is -0.0617. The Hall–Kier alpha value is -1.15. The molecule has 0 aromatic carbocycles. The number of nitrogens with one attached hydrogen (secondary N) is 1. The highest BCUT2D eigenvalue weighted by Crippen LogP contribution is 2.67. The fraction of sp³-hybridized carbons (Fsp3) is 0.993. The number of nitrogens with two attached hydrogens (primary N) is 2. The van der Waals surface area contributed by atoms with Gasteiger partial charge in [-0.15, -0.1) is 0 Å². The summed E-state index contributed by atoms with van der Waals surface area (Å²) in [6.07, 6.45) is 25.1. The zero-order chi connectivity index (χ0) is 122. The maximum Gasteiger partial charge on any atom is 0.254 e. The predicted molar refractivity (Wildman–Crippen MR) is 676 cm³/mol. The van der Waals surface area contributed by atoms with Crippen LogP contribution in [0.5, 0.6) is 0 Å². The second-order valence-corrected chi connectivity index (χ2v) is 59.3. The van der Waals surface area contributed by atoms with Gasteiger partial charge in [0.1, 0.15) is 0 Å². The van der Waals surface area contributed by atoms with Crippen molar-refractivity contribution < 1.29 is 48.2 Å². The van der Waals surface area contributed by atoms with E-state index in [1.54, 1.807) is 13.8 Å². The lowest BCUT2D eigenvalue weighted by Crippen LogP contribution is -2.42. The van der Waals surface area contributed by atoms with Gasteiger partial charge in [-0.05, 0) is 301 Å². The van der Waals surface area contributed by atoms with Gasteiger partial charge in [-0.2, -0.15) is 0 Å². The summed E-state index contributed by atoms with van der Waals surface area (Å²) in [4.78, 5) is 3.71. The number of rotatable bonds is 51. The number of halogens is 4. The molecule has 11 N–H and O–H groups in total. The molecule has 0 aromatic heterocycles. The Morgan fingerprint density at radius 2 is 0.713 bits per heavy atom. The summed E-state index contributed by atoms with van der Waals surface area (Å²) >= 11 is 0. The summed E-state index contributed by atoms with van der Waals surface area (Å²) in [6.45, 7) is 144. The van der Waals surface area contributed by atoms with E-state index in [0.29, 0.717) is 139 Å². The van der Waals surface area contributed by atoms with E-state index in [9.17, 15) is 38.0 Å². The van der Waals surface area contributed by atoms with E-state index in [0.717, 1.165) is 128 Å². The molecule has 10 unspecified atom stereocenters. The van der Waals surface area contributed by atoms with Gasteiger partial charge in [0, 0.05) is 67.7 Å². The van der Waals surface area contributed by atoms with Gasteiger partial charge in [0.05, 0.1) is 29.5 Å². The van der Waals surface area contributed by atoms with Gasteiger partial charge in [0.25, 0.3) is 11.8 Å². The third kappa shape index (κ3) is 115. The average Bonchev–Trinajstić information content (AvgIpc) is 1.55. The molecule has 0 amide bonds. The first-order valence-corrected chi connectivity index (χ1v) is 62.2. The Morgan fingerprint density at radius 3 is 0.833 bits per heavy atom. The molecule has 10 atom stereocenters. The highest BCUT2D eigenvalue weighted by Gasteiger charge is 2.71. The first kappa shape index (κ1) is 179.